The molecule has 0 heterocycles. The fourth-order valence-corrected chi connectivity index (χ4v) is 2.43. The highest BCUT2D eigenvalue weighted by Gasteiger charge is 2.32. The van der Waals surface area contributed by atoms with Crippen LogP contribution in [0.15, 0.2) is 24.3 Å². The SMILES string of the molecule is CC1(NC(=O)CCc2ccccc2C(=O)O)CCC1. The Hall–Kier alpha value is -1.84. The van der Waals surface area contributed by atoms with Crippen molar-refractivity contribution in [1.82, 2.24) is 5.32 Å². The molecule has 0 atom stereocenters. The summed E-state index contributed by atoms with van der Waals surface area (Å²) >= 11 is 0. The molecule has 0 saturated heterocycles. The molecule has 1 fully saturated rings. The van der Waals surface area contributed by atoms with Crippen molar-refractivity contribution in [2.24, 2.45) is 0 Å². The molecule has 0 aliphatic heterocycles. The van der Waals surface area contributed by atoms with Crippen LogP contribution in [-0.4, -0.2) is 22.5 Å². The average Bonchev–Trinajstić information content (AvgIpc) is 2.34. The molecule has 0 bridgehead atoms. The van der Waals surface area contributed by atoms with E-state index in [1.165, 1.54) is 6.42 Å². The predicted molar refractivity (Wildman–Crippen MR) is 72.1 cm³/mol. The van der Waals surface area contributed by atoms with E-state index in [1.807, 2.05) is 0 Å². The molecule has 1 aliphatic carbocycles. The summed E-state index contributed by atoms with van der Waals surface area (Å²) in [6, 6.07) is 6.83. The molecule has 1 saturated carbocycles. The van der Waals surface area contributed by atoms with Crippen LogP contribution in [0.1, 0.15) is 48.5 Å². The largest absolute Gasteiger partial charge is 0.478 e. The lowest BCUT2D eigenvalue weighted by molar-refractivity contribution is -0.123. The van der Waals surface area contributed by atoms with Gasteiger partial charge >= 0.3 is 5.97 Å². The van der Waals surface area contributed by atoms with Crippen LogP contribution in [-0.2, 0) is 11.2 Å². The van der Waals surface area contributed by atoms with Gasteiger partial charge in [0.05, 0.1) is 5.56 Å². The number of hydrogen-bond acceptors (Lipinski definition) is 2. The first-order chi connectivity index (χ1) is 9.00. The van der Waals surface area contributed by atoms with Gasteiger partial charge in [-0.15, -0.1) is 0 Å². The standard InChI is InChI=1S/C15H19NO3/c1-15(9-4-10-15)16-13(17)8-7-11-5-2-3-6-12(11)14(18)19/h2-3,5-6H,4,7-10H2,1H3,(H,16,17)(H,18,19). The minimum absolute atomic E-state index is 0.00221. The fourth-order valence-electron chi connectivity index (χ4n) is 2.43. The van der Waals surface area contributed by atoms with Crippen molar-refractivity contribution in [2.45, 2.75) is 44.6 Å². The first-order valence-corrected chi connectivity index (χ1v) is 6.62. The third-order valence-corrected chi connectivity index (χ3v) is 3.77. The van der Waals surface area contributed by atoms with E-state index in [4.69, 9.17) is 5.11 Å². The third-order valence-electron chi connectivity index (χ3n) is 3.77. The van der Waals surface area contributed by atoms with E-state index in [-0.39, 0.29) is 17.0 Å². The zero-order chi connectivity index (χ0) is 13.9. The second kappa shape index (κ2) is 5.43. The number of amides is 1. The summed E-state index contributed by atoms with van der Waals surface area (Å²) in [5, 5.41) is 12.1. The first-order valence-electron chi connectivity index (χ1n) is 6.62. The van der Waals surface area contributed by atoms with Gasteiger partial charge in [-0.25, -0.2) is 4.79 Å². The molecule has 0 aromatic heterocycles. The molecule has 0 spiro atoms. The van der Waals surface area contributed by atoms with Crippen LogP contribution < -0.4 is 5.32 Å². The van der Waals surface area contributed by atoms with Gasteiger partial charge in [-0.1, -0.05) is 18.2 Å². The van der Waals surface area contributed by atoms with Gasteiger partial charge in [-0.2, -0.15) is 0 Å². The normalized spacial score (nSPS) is 16.5. The fraction of sp³-hybridized carbons (Fsp3) is 0.467. The zero-order valence-corrected chi connectivity index (χ0v) is 11.1. The molecule has 0 unspecified atom stereocenters. The zero-order valence-electron chi connectivity index (χ0n) is 11.1. The maximum absolute atomic E-state index is 11.8. The monoisotopic (exact) mass is 261 g/mol. The van der Waals surface area contributed by atoms with Crippen molar-refractivity contribution < 1.29 is 14.7 Å². The topological polar surface area (TPSA) is 66.4 Å². The molecule has 102 valence electrons. The van der Waals surface area contributed by atoms with Crippen molar-refractivity contribution >= 4 is 11.9 Å². The Morgan fingerprint density at radius 1 is 1.32 bits per heavy atom. The highest BCUT2D eigenvalue weighted by atomic mass is 16.4. The van der Waals surface area contributed by atoms with E-state index in [0.29, 0.717) is 18.4 Å². The van der Waals surface area contributed by atoms with Gasteiger partial charge in [0.15, 0.2) is 0 Å². The molecule has 1 aliphatic rings. The summed E-state index contributed by atoms with van der Waals surface area (Å²) in [7, 11) is 0. The van der Waals surface area contributed by atoms with Gasteiger partial charge in [0.1, 0.15) is 0 Å². The summed E-state index contributed by atoms with van der Waals surface area (Å²) in [6.45, 7) is 2.06. The molecule has 2 rings (SSSR count). The number of aromatic carboxylic acids is 1. The van der Waals surface area contributed by atoms with Crippen LogP contribution in [0.5, 0.6) is 0 Å². The second-order valence-corrected chi connectivity index (χ2v) is 5.42. The Morgan fingerprint density at radius 2 is 2.00 bits per heavy atom. The highest BCUT2D eigenvalue weighted by molar-refractivity contribution is 5.89. The molecule has 4 nitrogen and oxygen atoms in total. The van der Waals surface area contributed by atoms with Crippen molar-refractivity contribution in [3.63, 3.8) is 0 Å². The molecule has 4 heteroatoms. The summed E-state index contributed by atoms with van der Waals surface area (Å²) in [5.74, 6) is -0.940. The van der Waals surface area contributed by atoms with E-state index in [2.05, 4.69) is 12.2 Å². The molecule has 19 heavy (non-hydrogen) atoms. The van der Waals surface area contributed by atoms with Crippen LogP contribution >= 0.6 is 0 Å². The molecule has 1 aromatic carbocycles. The minimum Gasteiger partial charge on any atom is -0.478 e. The van der Waals surface area contributed by atoms with Crippen LogP contribution in [0.3, 0.4) is 0 Å². The molecule has 2 N–H and O–H groups in total. The summed E-state index contributed by atoms with van der Waals surface area (Å²) < 4.78 is 0. The number of carbonyl (C=O) groups excluding carboxylic acids is 1. The number of benzene rings is 1. The summed E-state index contributed by atoms with van der Waals surface area (Å²) in [6.07, 6.45) is 4.03. The van der Waals surface area contributed by atoms with Gasteiger partial charge in [-0.05, 0) is 44.2 Å². The molecule has 0 radical (unpaired) electrons. The number of hydrogen-bond donors (Lipinski definition) is 2. The van der Waals surface area contributed by atoms with Crippen LogP contribution in [0.25, 0.3) is 0 Å². The second-order valence-electron chi connectivity index (χ2n) is 5.42. The molecule has 1 amide bonds. The minimum atomic E-state index is -0.943. The Balaban J connectivity index is 1.91. The number of rotatable bonds is 5. The van der Waals surface area contributed by atoms with Gasteiger partial charge in [-0.3, -0.25) is 4.79 Å². The summed E-state index contributed by atoms with van der Waals surface area (Å²) in [4.78, 5) is 22.9. The van der Waals surface area contributed by atoms with Gasteiger partial charge < -0.3 is 10.4 Å². The van der Waals surface area contributed by atoms with Crippen LogP contribution in [0, 0.1) is 0 Å². The molecule has 1 aromatic rings. The lowest BCUT2D eigenvalue weighted by Crippen LogP contribution is -2.50. The third kappa shape index (κ3) is 3.34. The number of carboxylic acid groups (broad SMARTS) is 1. The quantitative estimate of drug-likeness (QED) is 0.855. The van der Waals surface area contributed by atoms with E-state index in [9.17, 15) is 9.59 Å². The van der Waals surface area contributed by atoms with Gasteiger partial charge in [0, 0.05) is 12.0 Å². The average molecular weight is 261 g/mol. The van der Waals surface area contributed by atoms with Crippen molar-refractivity contribution in [3.05, 3.63) is 35.4 Å². The van der Waals surface area contributed by atoms with Crippen LogP contribution in [0.2, 0.25) is 0 Å². The Kier molecular flexibility index (Phi) is 3.88. The molecular formula is C15H19NO3. The number of nitrogens with one attached hydrogen (secondary N) is 1. The number of carbonyl (C=O) groups is 2. The van der Waals surface area contributed by atoms with Crippen LogP contribution in [0.4, 0.5) is 0 Å². The maximum atomic E-state index is 11.8. The Labute approximate surface area is 112 Å². The van der Waals surface area contributed by atoms with E-state index >= 15 is 0 Å². The first kappa shape index (κ1) is 13.6. The van der Waals surface area contributed by atoms with E-state index in [1.54, 1.807) is 24.3 Å². The van der Waals surface area contributed by atoms with Crippen molar-refractivity contribution in [1.29, 1.82) is 0 Å². The number of carboxylic acids is 1. The Morgan fingerprint density at radius 3 is 2.58 bits per heavy atom. The van der Waals surface area contributed by atoms with E-state index < -0.39 is 5.97 Å². The highest BCUT2D eigenvalue weighted by Crippen LogP contribution is 2.30. The molecular weight excluding hydrogens is 242 g/mol. The van der Waals surface area contributed by atoms with E-state index in [0.717, 1.165) is 12.8 Å². The smallest absolute Gasteiger partial charge is 0.335 e. The van der Waals surface area contributed by atoms with Crippen molar-refractivity contribution in [2.75, 3.05) is 0 Å². The summed E-state index contributed by atoms with van der Waals surface area (Å²) in [5.41, 5.74) is 0.956. The Bertz CT molecular complexity index is 492. The lowest BCUT2D eigenvalue weighted by Gasteiger charge is -2.39. The number of aryl methyl sites for hydroxylation is 1. The van der Waals surface area contributed by atoms with Gasteiger partial charge in [0.2, 0.25) is 5.91 Å². The van der Waals surface area contributed by atoms with Gasteiger partial charge in [0.25, 0.3) is 0 Å². The van der Waals surface area contributed by atoms with Crippen molar-refractivity contribution in [3.8, 4) is 0 Å². The predicted octanol–water partition coefficient (Wildman–Crippen LogP) is 2.38. The lowest BCUT2D eigenvalue weighted by atomic mass is 9.78. The maximum Gasteiger partial charge on any atom is 0.335 e.